The second-order valence-electron chi connectivity index (χ2n) is 3.62. The topological polar surface area (TPSA) is 125 Å². The molecule has 1 aromatic heterocycles. The molecule has 2 rings (SSSR count). The summed E-state index contributed by atoms with van der Waals surface area (Å²) in [6.45, 7) is 0.0826. The largest absolute Gasteiger partial charge is 0.391 e. The lowest BCUT2D eigenvalue weighted by atomic mass is 10.2. The molecular formula is C8H11N5O3. The number of nitrogens with one attached hydrogen (secondary N) is 1. The standard InChI is InChI=1S/C8H11N5O3/c9-7(15)6-1-4(14)3-13(6)8(16)5-2-10-12-11-5/h2,4,6,14H,1,3H2,(H2,9,15)(H,10,11,12). The summed E-state index contributed by atoms with van der Waals surface area (Å²) in [6, 6.07) is -0.779. The second kappa shape index (κ2) is 3.89. The van der Waals surface area contributed by atoms with Gasteiger partial charge in [0.2, 0.25) is 5.91 Å². The van der Waals surface area contributed by atoms with Crippen LogP contribution in [0.15, 0.2) is 6.20 Å². The summed E-state index contributed by atoms with van der Waals surface area (Å²) in [5.74, 6) is -1.09. The van der Waals surface area contributed by atoms with E-state index in [1.54, 1.807) is 0 Å². The van der Waals surface area contributed by atoms with Crippen molar-refractivity contribution in [1.82, 2.24) is 20.3 Å². The van der Waals surface area contributed by atoms with Crippen LogP contribution in [0.3, 0.4) is 0 Å². The first kappa shape index (κ1) is 10.6. The summed E-state index contributed by atoms with van der Waals surface area (Å²) in [5, 5.41) is 18.8. The number of hydrogen-bond acceptors (Lipinski definition) is 5. The summed E-state index contributed by atoms with van der Waals surface area (Å²) < 4.78 is 0. The number of rotatable bonds is 2. The molecule has 2 atom stereocenters. The van der Waals surface area contributed by atoms with E-state index in [0.29, 0.717) is 0 Å². The van der Waals surface area contributed by atoms with E-state index in [1.807, 2.05) is 0 Å². The summed E-state index contributed by atoms with van der Waals surface area (Å²) >= 11 is 0. The van der Waals surface area contributed by atoms with Crippen molar-refractivity contribution in [2.45, 2.75) is 18.6 Å². The van der Waals surface area contributed by atoms with Crippen molar-refractivity contribution < 1.29 is 14.7 Å². The summed E-state index contributed by atoms with van der Waals surface area (Å²) in [7, 11) is 0. The Kier molecular flexibility index (Phi) is 2.57. The highest BCUT2D eigenvalue weighted by Crippen LogP contribution is 2.19. The maximum Gasteiger partial charge on any atom is 0.276 e. The van der Waals surface area contributed by atoms with Gasteiger partial charge in [-0.25, -0.2) is 0 Å². The zero-order valence-electron chi connectivity index (χ0n) is 8.33. The van der Waals surface area contributed by atoms with E-state index in [1.165, 1.54) is 11.1 Å². The third kappa shape index (κ3) is 1.74. The molecule has 2 amide bonds. The van der Waals surface area contributed by atoms with E-state index in [2.05, 4.69) is 15.4 Å². The van der Waals surface area contributed by atoms with Crippen molar-refractivity contribution in [3.8, 4) is 0 Å². The molecule has 1 aromatic rings. The molecule has 1 aliphatic rings. The van der Waals surface area contributed by atoms with E-state index in [4.69, 9.17) is 5.73 Å². The number of H-pyrrole nitrogens is 1. The van der Waals surface area contributed by atoms with Gasteiger partial charge in [0.1, 0.15) is 6.04 Å². The zero-order valence-corrected chi connectivity index (χ0v) is 8.33. The fourth-order valence-electron chi connectivity index (χ4n) is 1.76. The van der Waals surface area contributed by atoms with Crippen LogP contribution >= 0.6 is 0 Å². The van der Waals surface area contributed by atoms with Gasteiger partial charge >= 0.3 is 0 Å². The first-order valence-corrected chi connectivity index (χ1v) is 4.73. The average molecular weight is 225 g/mol. The predicted molar refractivity (Wildman–Crippen MR) is 51.0 cm³/mol. The van der Waals surface area contributed by atoms with Crippen LogP contribution in [0, 0.1) is 0 Å². The van der Waals surface area contributed by atoms with Crippen molar-refractivity contribution in [3.05, 3.63) is 11.9 Å². The minimum Gasteiger partial charge on any atom is -0.391 e. The first-order valence-electron chi connectivity index (χ1n) is 4.73. The third-order valence-electron chi connectivity index (χ3n) is 2.50. The van der Waals surface area contributed by atoms with Gasteiger partial charge in [-0.3, -0.25) is 9.59 Å². The molecule has 2 unspecified atom stereocenters. The van der Waals surface area contributed by atoms with E-state index < -0.39 is 24.0 Å². The molecule has 8 heteroatoms. The van der Waals surface area contributed by atoms with E-state index in [-0.39, 0.29) is 18.7 Å². The maximum atomic E-state index is 11.9. The minimum absolute atomic E-state index is 0.0826. The Balaban J connectivity index is 2.20. The molecule has 1 saturated heterocycles. The van der Waals surface area contributed by atoms with Gasteiger partial charge in [0.15, 0.2) is 5.69 Å². The van der Waals surface area contributed by atoms with Gasteiger partial charge in [0, 0.05) is 13.0 Å². The third-order valence-corrected chi connectivity index (χ3v) is 2.50. The van der Waals surface area contributed by atoms with Crippen LogP contribution in [0.5, 0.6) is 0 Å². The number of aromatic amines is 1. The number of likely N-dealkylation sites (tertiary alicyclic amines) is 1. The predicted octanol–water partition coefficient (Wildman–Crippen LogP) is -2.13. The molecule has 0 aliphatic carbocycles. The van der Waals surface area contributed by atoms with Crippen LogP contribution < -0.4 is 5.73 Å². The molecule has 1 aliphatic heterocycles. The van der Waals surface area contributed by atoms with E-state index >= 15 is 0 Å². The van der Waals surface area contributed by atoms with Crippen LogP contribution in [0.1, 0.15) is 16.9 Å². The first-order chi connectivity index (χ1) is 7.59. The molecule has 8 nitrogen and oxygen atoms in total. The fraction of sp³-hybridized carbons (Fsp3) is 0.500. The summed E-state index contributed by atoms with van der Waals surface area (Å²) in [6.07, 6.45) is 0.692. The fourth-order valence-corrected chi connectivity index (χ4v) is 1.76. The number of nitrogens with two attached hydrogens (primary N) is 1. The lowest BCUT2D eigenvalue weighted by molar-refractivity contribution is -0.121. The van der Waals surface area contributed by atoms with Gasteiger partial charge in [-0.1, -0.05) is 0 Å². The van der Waals surface area contributed by atoms with Crippen molar-refractivity contribution in [2.24, 2.45) is 5.73 Å². The Labute approximate surface area is 90.4 Å². The van der Waals surface area contributed by atoms with Crippen LogP contribution in [0.4, 0.5) is 0 Å². The molecule has 16 heavy (non-hydrogen) atoms. The van der Waals surface area contributed by atoms with Crippen LogP contribution in [-0.2, 0) is 4.79 Å². The number of amides is 2. The molecule has 0 radical (unpaired) electrons. The van der Waals surface area contributed by atoms with Crippen molar-refractivity contribution in [2.75, 3.05) is 6.54 Å². The van der Waals surface area contributed by atoms with Crippen LogP contribution in [-0.4, -0.2) is 55.9 Å². The smallest absolute Gasteiger partial charge is 0.276 e. The van der Waals surface area contributed by atoms with E-state index in [9.17, 15) is 14.7 Å². The number of aromatic nitrogens is 3. The normalized spacial score (nSPS) is 24.7. The number of primary amides is 1. The highest BCUT2D eigenvalue weighted by atomic mass is 16.3. The molecular weight excluding hydrogens is 214 g/mol. The quantitative estimate of drug-likeness (QED) is 0.530. The average Bonchev–Trinajstić information content (AvgIpc) is 2.84. The second-order valence-corrected chi connectivity index (χ2v) is 3.62. The van der Waals surface area contributed by atoms with Crippen LogP contribution in [0.25, 0.3) is 0 Å². The number of β-amino-alcohol motifs (C(OH)–C–C–N with tert-alkyl or cyclic N) is 1. The van der Waals surface area contributed by atoms with Gasteiger partial charge in [-0.15, -0.1) is 0 Å². The molecule has 0 bridgehead atoms. The van der Waals surface area contributed by atoms with Crippen molar-refractivity contribution in [3.63, 3.8) is 0 Å². The van der Waals surface area contributed by atoms with Gasteiger partial charge in [-0.05, 0) is 0 Å². The Morgan fingerprint density at radius 3 is 2.94 bits per heavy atom. The Morgan fingerprint density at radius 2 is 2.38 bits per heavy atom. The number of aliphatic hydroxyl groups excluding tert-OH is 1. The van der Waals surface area contributed by atoms with Crippen molar-refractivity contribution >= 4 is 11.8 Å². The monoisotopic (exact) mass is 225 g/mol. The maximum absolute atomic E-state index is 11.9. The summed E-state index contributed by atoms with van der Waals surface area (Å²) in [4.78, 5) is 24.2. The lowest BCUT2D eigenvalue weighted by Gasteiger charge is -2.20. The molecule has 0 saturated carbocycles. The van der Waals surface area contributed by atoms with Gasteiger partial charge < -0.3 is 15.7 Å². The number of aliphatic hydroxyl groups is 1. The SMILES string of the molecule is NC(=O)C1CC(O)CN1C(=O)c1cn[nH]n1. The Morgan fingerprint density at radius 1 is 1.62 bits per heavy atom. The number of carbonyl (C=O) groups is 2. The molecule has 4 N–H and O–H groups in total. The summed E-state index contributed by atoms with van der Waals surface area (Å²) in [5.41, 5.74) is 5.25. The van der Waals surface area contributed by atoms with Gasteiger partial charge in [-0.2, -0.15) is 15.4 Å². The highest BCUT2D eigenvalue weighted by Gasteiger charge is 2.38. The Bertz CT molecular complexity index is 404. The number of hydrogen-bond donors (Lipinski definition) is 3. The van der Waals surface area contributed by atoms with Crippen molar-refractivity contribution in [1.29, 1.82) is 0 Å². The molecule has 0 aromatic carbocycles. The van der Waals surface area contributed by atoms with Crippen LogP contribution in [0.2, 0.25) is 0 Å². The minimum atomic E-state index is -0.779. The highest BCUT2D eigenvalue weighted by molar-refractivity contribution is 5.96. The number of nitrogens with zero attached hydrogens (tertiary/aromatic N) is 3. The lowest BCUT2D eigenvalue weighted by Crippen LogP contribution is -2.43. The molecule has 2 heterocycles. The zero-order chi connectivity index (χ0) is 11.7. The Hall–Kier alpha value is -1.96. The number of carbonyl (C=O) groups excluding carboxylic acids is 2. The van der Waals surface area contributed by atoms with Gasteiger partial charge in [0.25, 0.3) is 5.91 Å². The molecule has 86 valence electrons. The molecule has 1 fully saturated rings. The van der Waals surface area contributed by atoms with Gasteiger partial charge in [0.05, 0.1) is 12.3 Å². The molecule has 0 spiro atoms. The van der Waals surface area contributed by atoms with E-state index in [0.717, 1.165) is 0 Å².